The summed E-state index contributed by atoms with van der Waals surface area (Å²) in [6.45, 7) is 9.06. The zero-order valence-corrected chi connectivity index (χ0v) is 14.0. The SMILES string of the molecule is CC(C=N)C=O.CCCN(C=NCc1ccccc1)CCC. The minimum atomic E-state index is -0.204. The van der Waals surface area contributed by atoms with Crippen molar-refractivity contribution in [3.8, 4) is 0 Å². The zero-order valence-electron chi connectivity index (χ0n) is 14.0. The Bertz CT molecular complexity index is 404. The lowest BCUT2D eigenvalue weighted by molar-refractivity contribution is -0.109. The Kier molecular flexibility index (Phi) is 12.7. The molecular weight excluding hydrogens is 274 g/mol. The molecule has 0 saturated carbocycles. The summed E-state index contributed by atoms with van der Waals surface area (Å²) in [5.74, 6) is -0.204. The molecule has 1 aromatic carbocycles. The molecule has 0 spiro atoms. The molecule has 4 heteroatoms. The van der Waals surface area contributed by atoms with E-state index in [1.54, 1.807) is 6.92 Å². The molecule has 0 radical (unpaired) electrons. The highest BCUT2D eigenvalue weighted by atomic mass is 16.1. The molecule has 0 bridgehead atoms. The van der Waals surface area contributed by atoms with Crippen molar-refractivity contribution in [3.63, 3.8) is 0 Å². The number of carbonyl (C=O) groups is 1. The number of rotatable bonds is 9. The van der Waals surface area contributed by atoms with Crippen LogP contribution < -0.4 is 0 Å². The van der Waals surface area contributed by atoms with Crippen LogP contribution in [-0.4, -0.2) is 36.8 Å². The third-order valence-electron chi connectivity index (χ3n) is 2.86. The number of carbonyl (C=O) groups excluding carboxylic acids is 1. The first-order valence-corrected chi connectivity index (χ1v) is 7.91. The fourth-order valence-corrected chi connectivity index (χ4v) is 1.69. The van der Waals surface area contributed by atoms with E-state index in [0.29, 0.717) is 0 Å². The van der Waals surface area contributed by atoms with Crippen LogP contribution >= 0.6 is 0 Å². The van der Waals surface area contributed by atoms with E-state index < -0.39 is 0 Å². The number of aliphatic imine (C=N–C) groups is 1. The lowest BCUT2D eigenvalue weighted by Gasteiger charge is -2.17. The van der Waals surface area contributed by atoms with Gasteiger partial charge in [-0.2, -0.15) is 0 Å². The van der Waals surface area contributed by atoms with Crippen molar-refractivity contribution >= 4 is 18.8 Å². The number of hydrogen-bond acceptors (Lipinski definition) is 3. The van der Waals surface area contributed by atoms with Crippen LogP contribution in [0.3, 0.4) is 0 Å². The highest BCUT2D eigenvalue weighted by Gasteiger charge is 1.95. The van der Waals surface area contributed by atoms with Crippen LogP contribution in [-0.2, 0) is 11.3 Å². The monoisotopic (exact) mass is 303 g/mol. The molecule has 0 fully saturated rings. The normalized spacial score (nSPS) is 11.4. The lowest BCUT2D eigenvalue weighted by Crippen LogP contribution is -2.23. The number of nitrogens with zero attached hydrogens (tertiary/aromatic N) is 2. The van der Waals surface area contributed by atoms with Crippen molar-refractivity contribution in [3.05, 3.63) is 35.9 Å². The Hall–Kier alpha value is -1.97. The summed E-state index contributed by atoms with van der Waals surface area (Å²) < 4.78 is 0. The third-order valence-corrected chi connectivity index (χ3v) is 2.86. The van der Waals surface area contributed by atoms with Gasteiger partial charge in [-0.05, 0) is 18.4 Å². The summed E-state index contributed by atoms with van der Waals surface area (Å²) in [6, 6.07) is 10.4. The van der Waals surface area contributed by atoms with Crippen molar-refractivity contribution < 1.29 is 4.79 Å². The summed E-state index contributed by atoms with van der Waals surface area (Å²) in [4.78, 5) is 16.4. The van der Waals surface area contributed by atoms with Crippen LogP contribution in [0.1, 0.15) is 39.2 Å². The van der Waals surface area contributed by atoms with Gasteiger partial charge in [0.2, 0.25) is 0 Å². The fraction of sp³-hybridized carbons (Fsp3) is 0.500. The average molecular weight is 303 g/mol. The van der Waals surface area contributed by atoms with Crippen molar-refractivity contribution in [1.29, 1.82) is 5.41 Å². The molecule has 1 N–H and O–H groups in total. The van der Waals surface area contributed by atoms with E-state index >= 15 is 0 Å². The van der Waals surface area contributed by atoms with Gasteiger partial charge in [0.15, 0.2) is 0 Å². The highest BCUT2D eigenvalue weighted by Crippen LogP contribution is 2.00. The van der Waals surface area contributed by atoms with Gasteiger partial charge in [-0.1, -0.05) is 51.1 Å². The molecule has 0 heterocycles. The largest absolute Gasteiger partial charge is 0.363 e. The molecule has 0 amide bonds. The van der Waals surface area contributed by atoms with E-state index in [-0.39, 0.29) is 5.92 Å². The smallest absolute Gasteiger partial charge is 0.128 e. The summed E-state index contributed by atoms with van der Waals surface area (Å²) in [5, 5.41) is 6.45. The van der Waals surface area contributed by atoms with Gasteiger partial charge in [0, 0.05) is 25.2 Å². The molecule has 0 aliphatic rings. The average Bonchev–Trinajstić information content (AvgIpc) is 2.56. The molecule has 0 aromatic heterocycles. The standard InChI is InChI=1S/C14H22N2.C4H7NO/c1-3-10-16(11-4-2)13-15-12-14-8-6-5-7-9-14;1-4(2-5)3-6/h5-9,13H,3-4,10-12H2,1-2H3;2-5H,1H3. The molecule has 1 atom stereocenters. The van der Waals surface area contributed by atoms with Crippen LogP contribution in [0, 0.1) is 11.3 Å². The van der Waals surface area contributed by atoms with Crippen LogP contribution in [0.5, 0.6) is 0 Å². The molecule has 4 nitrogen and oxygen atoms in total. The van der Waals surface area contributed by atoms with Crippen LogP contribution in [0.25, 0.3) is 0 Å². The first-order valence-electron chi connectivity index (χ1n) is 7.91. The molecule has 1 unspecified atom stereocenters. The Balaban J connectivity index is 0.000000626. The maximum absolute atomic E-state index is 9.58. The van der Waals surface area contributed by atoms with Crippen LogP contribution in [0.4, 0.5) is 0 Å². The van der Waals surface area contributed by atoms with E-state index in [1.165, 1.54) is 18.4 Å². The topological polar surface area (TPSA) is 56.5 Å². The molecule has 0 aliphatic heterocycles. The van der Waals surface area contributed by atoms with Gasteiger partial charge in [-0.3, -0.25) is 4.99 Å². The van der Waals surface area contributed by atoms with Crippen molar-refractivity contribution in [2.45, 2.75) is 40.2 Å². The Morgan fingerprint density at radius 1 is 1.18 bits per heavy atom. The maximum Gasteiger partial charge on any atom is 0.128 e. The summed E-state index contributed by atoms with van der Waals surface area (Å²) in [7, 11) is 0. The first kappa shape index (κ1) is 20.0. The van der Waals surface area contributed by atoms with Crippen LogP contribution in [0.2, 0.25) is 0 Å². The van der Waals surface area contributed by atoms with Gasteiger partial charge < -0.3 is 15.1 Å². The quantitative estimate of drug-likeness (QED) is 0.428. The maximum atomic E-state index is 9.58. The van der Waals surface area contributed by atoms with Gasteiger partial charge in [-0.15, -0.1) is 0 Å². The fourth-order valence-electron chi connectivity index (χ4n) is 1.69. The number of aldehydes is 1. The van der Waals surface area contributed by atoms with E-state index in [9.17, 15) is 4.79 Å². The molecule has 22 heavy (non-hydrogen) atoms. The second kappa shape index (κ2) is 14.0. The summed E-state index contributed by atoms with van der Waals surface area (Å²) in [5.41, 5.74) is 1.27. The minimum Gasteiger partial charge on any atom is -0.363 e. The van der Waals surface area contributed by atoms with Gasteiger partial charge >= 0.3 is 0 Å². The van der Waals surface area contributed by atoms with Crippen molar-refractivity contribution in [1.82, 2.24) is 4.90 Å². The van der Waals surface area contributed by atoms with E-state index in [4.69, 9.17) is 5.41 Å². The molecule has 0 aliphatic carbocycles. The Morgan fingerprint density at radius 3 is 2.18 bits per heavy atom. The van der Waals surface area contributed by atoms with Crippen LogP contribution in [0.15, 0.2) is 35.3 Å². The zero-order chi connectivity index (χ0) is 16.6. The van der Waals surface area contributed by atoms with E-state index in [0.717, 1.165) is 32.1 Å². The van der Waals surface area contributed by atoms with Gasteiger partial charge in [0.1, 0.15) is 6.29 Å². The van der Waals surface area contributed by atoms with Crippen molar-refractivity contribution in [2.24, 2.45) is 10.9 Å². The predicted octanol–water partition coefficient (Wildman–Crippen LogP) is 3.81. The number of hydrogen-bond donors (Lipinski definition) is 1. The second-order valence-corrected chi connectivity index (χ2v) is 5.14. The first-order chi connectivity index (χ1) is 10.7. The molecule has 122 valence electrons. The predicted molar refractivity (Wildman–Crippen MR) is 94.8 cm³/mol. The van der Waals surface area contributed by atoms with Crippen molar-refractivity contribution in [2.75, 3.05) is 13.1 Å². The molecule has 1 aromatic rings. The molecular formula is C18H29N3O. The molecule has 0 saturated heterocycles. The van der Waals surface area contributed by atoms with Gasteiger partial charge in [0.05, 0.1) is 12.9 Å². The summed E-state index contributed by atoms with van der Waals surface area (Å²) >= 11 is 0. The second-order valence-electron chi connectivity index (χ2n) is 5.14. The van der Waals surface area contributed by atoms with Gasteiger partial charge in [0.25, 0.3) is 0 Å². The minimum absolute atomic E-state index is 0.204. The van der Waals surface area contributed by atoms with Gasteiger partial charge in [-0.25, -0.2) is 0 Å². The van der Waals surface area contributed by atoms with E-state index in [1.807, 2.05) is 12.4 Å². The molecule has 1 rings (SSSR count). The number of nitrogens with one attached hydrogen (secondary N) is 1. The highest BCUT2D eigenvalue weighted by molar-refractivity contribution is 5.77. The van der Waals surface area contributed by atoms with E-state index in [2.05, 4.69) is 48.0 Å². The Morgan fingerprint density at radius 2 is 1.77 bits per heavy atom. The Labute approximate surface area is 134 Å². The number of benzene rings is 1. The lowest BCUT2D eigenvalue weighted by atomic mass is 10.2. The third kappa shape index (κ3) is 10.8. The summed E-state index contributed by atoms with van der Waals surface area (Å²) in [6.07, 6.45) is 6.19.